The summed E-state index contributed by atoms with van der Waals surface area (Å²) in [6, 6.07) is 0. The largest absolute Gasteiger partial charge is 0.379 e. The molecular weight excluding hydrogens is 447 g/mol. The Hall–Kier alpha value is -0.970. The summed E-state index contributed by atoms with van der Waals surface area (Å²) in [7, 11) is 0. The van der Waals surface area contributed by atoms with E-state index < -0.39 is 0 Å². The van der Waals surface area contributed by atoms with Crippen LogP contribution in [0.2, 0.25) is 0 Å². The minimum atomic E-state index is -0.112. The highest BCUT2D eigenvalue weighted by Crippen LogP contribution is 2.31. The molecule has 4 aliphatic rings. The number of morpholine rings is 1. The monoisotopic (exact) mass is 472 g/mol. The van der Waals surface area contributed by atoms with Gasteiger partial charge in [0.1, 0.15) is 3.72 Å². The first kappa shape index (κ1) is 18.4. The number of allylic oxidation sites excluding steroid dienone is 3. The molecule has 0 saturated carbocycles. The fourth-order valence-corrected chi connectivity index (χ4v) is 4.81. The van der Waals surface area contributed by atoms with E-state index in [-0.39, 0.29) is 17.4 Å². The average molecular weight is 472 g/mol. The predicted octanol–water partition coefficient (Wildman–Crippen LogP) is 1.17. The zero-order valence-electron chi connectivity index (χ0n) is 14.8. The van der Waals surface area contributed by atoms with Crippen LogP contribution in [-0.4, -0.2) is 66.1 Å². The molecule has 1 aliphatic carbocycles. The number of rotatable bonds is 4. The smallest absolute Gasteiger partial charge is 0.247 e. The predicted molar refractivity (Wildman–Crippen MR) is 107 cm³/mol. The number of hydrogen-bond donors (Lipinski definition) is 2. The van der Waals surface area contributed by atoms with Gasteiger partial charge in [0, 0.05) is 37.5 Å². The maximum Gasteiger partial charge on any atom is 0.247 e. The lowest BCUT2D eigenvalue weighted by Crippen LogP contribution is -2.62. The van der Waals surface area contributed by atoms with Gasteiger partial charge in [0.15, 0.2) is 0 Å². The Bertz CT molecular complexity index is 649. The highest BCUT2D eigenvalue weighted by atomic mass is 127. The van der Waals surface area contributed by atoms with Crippen molar-refractivity contribution in [2.45, 2.75) is 24.8 Å². The summed E-state index contributed by atoms with van der Waals surface area (Å²) >= 11 is 2.24. The van der Waals surface area contributed by atoms with Crippen molar-refractivity contribution in [1.29, 1.82) is 0 Å². The molecule has 2 atom stereocenters. The Morgan fingerprint density at radius 1 is 1.35 bits per heavy atom. The van der Waals surface area contributed by atoms with E-state index in [2.05, 4.69) is 43.3 Å². The summed E-state index contributed by atoms with van der Waals surface area (Å²) in [5.74, 6) is 0.224. The Kier molecular flexibility index (Phi) is 5.63. The van der Waals surface area contributed by atoms with Crippen molar-refractivity contribution in [3.05, 3.63) is 23.4 Å². The van der Waals surface area contributed by atoms with Gasteiger partial charge < -0.3 is 14.8 Å². The molecule has 0 bridgehead atoms. The number of hydrogen-bond acceptors (Lipinski definition) is 6. The molecule has 1 amide bonds. The zero-order valence-corrected chi connectivity index (χ0v) is 17.0. The third kappa shape index (κ3) is 3.69. The third-order valence-corrected chi connectivity index (χ3v) is 6.69. The van der Waals surface area contributed by atoms with Crippen molar-refractivity contribution in [1.82, 2.24) is 15.6 Å². The highest BCUT2D eigenvalue weighted by Gasteiger charge is 2.40. The first-order valence-corrected chi connectivity index (χ1v) is 10.3. The number of amides is 1. The second-order valence-corrected chi connectivity index (χ2v) is 8.38. The van der Waals surface area contributed by atoms with Crippen molar-refractivity contribution >= 4 is 32.2 Å². The van der Waals surface area contributed by atoms with Gasteiger partial charge in [-0.15, -0.1) is 0 Å². The fraction of sp³-hybridized carbons (Fsp3) is 0.667. The molecule has 0 radical (unpaired) electrons. The summed E-state index contributed by atoms with van der Waals surface area (Å²) in [6.45, 7) is 5.40. The van der Waals surface area contributed by atoms with Crippen molar-refractivity contribution in [2.24, 2.45) is 11.0 Å². The lowest BCUT2D eigenvalue weighted by molar-refractivity contribution is -0.120. The normalized spacial score (nSPS) is 32.0. The van der Waals surface area contributed by atoms with Crippen molar-refractivity contribution < 1.29 is 14.3 Å². The number of halogens is 1. The number of nitrogens with zero attached hydrogens (tertiary/aromatic N) is 2. The first-order valence-electron chi connectivity index (χ1n) is 9.27. The van der Waals surface area contributed by atoms with E-state index in [0.717, 1.165) is 60.7 Å². The van der Waals surface area contributed by atoms with Crippen molar-refractivity contribution in [3.63, 3.8) is 0 Å². The standard InChI is InChI=1S/C18H25IN4O3/c19-16-14-10-13(2-3-15(14)21-22-16)17(24)20-11-18(4-1-7-26-12-18)23-5-8-25-9-6-23/h2-3,14,21H,1,4-12H2,(H,20,24). The minimum Gasteiger partial charge on any atom is -0.379 e. The van der Waals surface area contributed by atoms with Crippen molar-refractivity contribution in [3.8, 4) is 0 Å². The molecule has 8 heteroatoms. The number of carbonyl (C=O) groups excluding carboxylic acids is 1. The van der Waals surface area contributed by atoms with Gasteiger partial charge in [-0.1, -0.05) is 6.08 Å². The van der Waals surface area contributed by atoms with Crippen LogP contribution in [0.1, 0.15) is 19.3 Å². The number of hydrazone groups is 1. The number of carbonyl (C=O) groups is 1. The minimum absolute atomic E-state index is 0.0228. The van der Waals surface area contributed by atoms with Crippen LogP contribution in [0.5, 0.6) is 0 Å². The van der Waals surface area contributed by atoms with Gasteiger partial charge in [-0.05, 0) is 47.9 Å². The van der Waals surface area contributed by atoms with Gasteiger partial charge in [-0.25, -0.2) is 0 Å². The second kappa shape index (κ2) is 7.95. The van der Waals surface area contributed by atoms with Gasteiger partial charge in [0.25, 0.3) is 0 Å². The van der Waals surface area contributed by atoms with E-state index in [1.165, 1.54) is 0 Å². The highest BCUT2D eigenvalue weighted by molar-refractivity contribution is 14.1. The van der Waals surface area contributed by atoms with E-state index in [1.807, 2.05) is 12.2 Å². The maximum absolute atomic E-state index is 12.8. The van der Waals surface area contributed by atoms with E-state index in [1.54, 1.807) is 0 Å². The summed E-state index contributed by atoms with van der Waals surface area (Å²) < 4.78 is 12.3. The molecule has 0 aromatic rings. The van der Waals surface area contributed by atoms with Crippen LogP contribution in [-0.2, 0) is 14.3 Å². The molecule has 26 heavy (non-hydrogen) atoms. The Balaban J connectivity index is 1.41. The molecule has 0 aromatic carbocycles. The Morgan fingerprint density at radius 2 is 2.19 bits per heavy atom. The summed E-state index contributed by atoms with van der Waals surface area (Å²) in [5, 5.41) is 7.44. The molecule has 4 rings (SSSR count). The maximum atomic E-state index is 12.8. The molecule has 142 valence electrons. The van der Waals surface area contributed by atoms with Crippen molar-refractivity contribution in [2.75, 3.05) is 46.1 Å². The molecule has 7 nitrogen and oxygen atoms in total. The lowest BCUT2D eigenvalue weighted by atomic mass is 9.88. The molecular formula is C18H25IN4O3. The van der Waals surface area contributed by atoms with Crippen LogP contribution in [0.25, 0.3) is 0 Å². The Morgan fingerprint density at radius 3 is 2.96 bits per heavy atom. The lowest BCUT2D eigenvalue weighted by Gasteiger charge is -2.47. The molecule has 2 saturated heterocycles. The van der Waals surface area contributed by atoms with E-state index in [9.17, 15) is 4.79 Å². The van der Waals surface area contributed by atoms with Crippen LogP contribution < -0.4 is 10.7 Å². The zero-order chi connectivity index (χ0) is 18.0. The van der Waals surface area contributed by atoms with E-state index in [4.69, 9.17) is 9.47 Å². The van der Waals surface area contributed by atoms with Crippen LogP contribution in [0.4, 0.5) is 0 Å². The van der Waals surface area contributed by atoms with Gasteiger partial charge in [-0.2, -0.15) is 5.10 Å². The molecule has 2 fully saturated rings. The van der Waals surface area contributed by atoms with Crippen LogP contribution in [0.3, 0.4) is 0 Å². The summed E-state index contributed by atoms with van der Waals surface area (Å²) in [4.78, 5) is 15.2. The van der Waals surface area contributed by atoms with Gasteiger partial charge in [-0.3, -0.25) is 15.1 Å². The molecule has 2 unspecified atom stereocenters. The van der Waals surface area contributed by atoms with Gasteiger partial charge in [0.2, 0.25) is 5.91 Å². The van der Waals surface area contributed by atoms with Crippen LogP contribution in [0, 0.1) is 5.92 Å². The fourth-order valence-electron chi connectivity index (χ4n) is 4.13. The van der Waals surface area contributed by atoms with Gasteiger partial charge >= 0.3 is 0 Å². The molecule has 0 aromatic heterocycles. The second-order valence-electron chi connectivity index (χ2n) is 7.28. The SMILES string of the molecule is O=C(NCC1(N2CCOCC2)CCCOC1)C1=CC=C2NN=C(I)C2C1. The van der Waals surface area contributed by atoms with E-state index >= 15 is 0 Å². The summed E-state index contributed by atoms with van der Waals surface area (Å²) in [5.41, 5.74) is 4.82. The van der Waals surface area contributed by atoms with Crippen LogP contribution >= 0.6 is 22.6 Å². The first-order chi connectivity index (χ1) is 12.7. The van der Waals surface area contributed by atoms with Crippen LogP contribution in [0.15, 0.2) is 28.5 Å². The third-order valence-electron chi connectivity index (χ3n) is 5.70. The summed E-state index contributed by atoms with van der Waals surface area (Å²) in [6.07, 6.45) is 6.67. The molecule has 3 aliphatic heterocycles. The quantitative estimate of drug-likeness (QED) is 0.602. The van der Waals surface area contributed by atoms with Gasteiger partial charge in [0.05, 0.1) is 31.3 Å². The number of nitrogens with one attached hydrogen (secondary N) is 2. The van der Waals surface area contributed by atoms with E-state index in [0.29, 0.717) is 19.6 Å². The molecule has 0 spiro atoms. The molecule has 2 N–H and O–H groups in total. The number of ether oxygens (including phenoxy) is 2. The average Bonchev–Trinajstić information content (AvgIpc) is 3.08. The topological polar surface area (TPSA) is 75.2 Å². The molecule has 3 heterocycles. The number of fused-ring (bicyclic) bond motifs is 1. The Labute approximate surface area is 167 Å².